The first kappa shape index (κ1) is 13.1. The zero-order valence-corrected chi connectivity index (χ0v) is 11.7. The van der Waals surface area contributed by atoms with E-state index in [-0.39, 0.29) is 23.7 Å². The lowest BCUT2D eigenvalue weighted by Crippen LogP contribution is -2.66. The van der Waals surface area contributed by atoms with Gasteiger partial charge in [-0.05, 0) is 38.0 Å². The number of nitrogens with zero attached hydrogens (tertiary/aromatic N) is 1. The molecule has 1 heterocycles. The van der Waals surface area contributed by atoms with Crippen molar-refractivity contribution in [2.75, 3.05) is 6.54 Å². The first-order valence-corrected chi connectivity index (χ1v) is 7.68. The maximum Gasteiger partial charge on any atom is 0.232 e. The summed E-state index contributed by atoms with van der Waals surface area (Å²) in [5.74, 6) is 0.632. The number of piperidine rings is 1. The van der Waals surface area contributed by atoms with Crippen molar-refractivity contribution in [1.29, 1.82) is 0 Å². The number of nitrogens with two attached hydrogens (primary N) is 1. The van der Waals surface area contributed by atoms with Crippen molar-refractivity contribution >= 4 is 11.8 Å². The topological polar surface area (TPSA) is 63.4 Å². The second-order valence-corrected chi connectivity index (χ2v) is 6.67. The molecule has 1 aliphatic heterocycles. The Labute approximate surface area is 114 Å². The van der Waals surface area contributed by atoms with Crippen molar-refractivity contribution in [1.82, 2.24) is 4.90 Å². The molecule has 0 radical (unpaired) electrons. The van der Waals surface area contributed by atoms with Gasteiger partial charge < -0.3 is 5.73 Å². The molecule has 0 aromatic heterocycles. The Hall–Kier alpha value is -0.900. The quantitative estimate of drug-likeness (QED) is 0.772. The second-order valence-electron chi connectivity index (χ2n) is 6.67. The van der Waals surface area contributed by atoms with E-state index in [1.165, 1.54) is 6.42 Å². The summed E-state index contributed by atoms with van der Waals surface area (Å²) < 4.78 is 0. The third-order valence-electron chi connectivity index (χ3n) is 5.78. The Kier molecular flexibility index (Phi) is 3.16. The van der Waals surface area contributed by atoms with Crippen LogP contribution in [0.15, 0.2) is 0 Å². The average Bonchev–Trinajstić information content (AvgIpc) is 2.86. The molecular weight excluding hydrogens is 240 g/mol. The Morgan fingerprint density at radius 3 is 2.32 bits per heavy atom. The van der Waals surface area contributed by atoms with E-state index in [1.54, 1.807) is 4.90 Å². The van der Waals surface area contributed by atoms with Gasteiger partial charge in [0.15, 0.2) is 0 Å². The molecule has 2 saturated carbocycles. The number of fused-ring (bicyclic) bond motifs is 2. The van der Waals surface area contributed by atoms with Gasteiger partial charge in [0.1, 0.15) is 0 Å². The summed E-state index contributed by atoms with van der Waals surface area (Å²) in [6.45, 7) is 2.58. The van der Waals surface area contributed by atoms with Crippen molar-refractivity contribution in [2.45, 2.75) is 57.4 Å². The molecule has 19 heavy (non-hydrogen) atoms. The van der Waals surface area contributed by atoms with Crippen molar-refractivity contribution in [2.24, 2.45) is 23.5 Å². The molecule has 2 bridgehead atoms. The van der Waals surface area contributed by atoms with E-state index in [2.05, 4.69) is 6.92 Å². The normalized spacial score (nSPS) is 42.8. The van der Waals surface area contributed by atoms with Crippen LogP contribution in [0.4, 0.5) is 0 Å². The summed E-state index contributed by atoms with van der Waals surface area (Å²) in [7, 11) is 0. The zero-order chi connectivity index (χ0) is 13.6. The average molecular weight is 264 g/mol. The van der Waals surface area contributed by atoms with Gasteiger partial charge in [0.05, 0.1) is 5.54 Å². The highest BCUT2D eigenvalue weighted by Gasteiger charge is 2.54. The predicted octanol–water partition coefficient (Wildman–Crippen LogP) is 1.68. The van der Waals surface area contributed by atoms with Gasteiger partial charge in [-0.1, -0.05) is 19.8 Å². The van der Waals surface area contributed by atoms with E-state index >= 15 is 0 Å². The van der Waals surface area contributed by atoms with Crippen LogP contribution < -0.4 is 5.73 Å². The number of rotatable bonds is 2. The summed E-state index contributed by atoms with van der Waals surface area (Å²) in [5.41, 5.74) is 5.65. The fourth-order valence-electron chi connectivity index (χ4n) is 4.47. The fraction of sp³-hybridized carbons (Fsp3) is 0.867. The Balaban J connectivity index is 1.98. The van der Waals surface area contributed by atoms with Crippen molar-refractivity contribution in [3.63, 3.8) is 0 Å². The van der Waals surface area contributed by atoms with E-state index in [4.69, 9.17) is 5.73 Å². The standard InChI is InChI=1S/C15H24N2O2/c1-10-4-2-3-7-15(10,9-16)17-13(18)11-5-6-12(8-11)14(17)19/h10-12H,2-9,16H2,1H3. The van der Waals surface area contributed by atoms with Gasteiger partial charge in [0.25, 0.3) is 0 Å². The van der Waals surface area contributed by atoms with Crippen LogP contribution in [0.3, 0.4) is 0 Å². The number of imide groups is 1. The fourth-order valence-corrected chi connectivity index (χ4v) is 4.47. The van der Waals surface area contributed by atoms with Crippen LogP contribution >= 0.6 is 0 Å². The molecule has 3 fully saturated rings. The summed E-state index contributed by atoms with van der Waals surface area (Å²) in [6, 6.07) is 0. The number of amides is 2. The maximum absolute atomic E-state index is 12.7. The molecule has 1 saturated heterocycles. The Morgan fingerprint density at radius 2 is 1.79 bits per heavy atom. The lowest BCUT2D eigenvalue weighted by molar-refractivity contribution is -0.164. The van der Waals surface area contributed by atoms with Crippen LogP contribution in [0.1, 0.15) is 51.9 Å². The smallest absolute Gasteiger partial charge is 0.232 e. The monoisotopic (exact) mass is 264 g/mol. The van der Waals surface area contributed by atoms with E-state index < -0.39 is 5.54 Å². The first-order chi connectivity index (χ1) is 9.10. The van der Waals surface area contributed by atoms with Gasteiger partial charge in [-0.25, -0.2) is 0 Å². The molecule has 2 N–H and O–H groups in total. The van der Waals surface area contributed by atoms with Gasteiger partial charge in [0.2, 0.25) is 11.8 Å². The number of hydrogen-bond donors (Lipinski definition) is 1. The van der Waals surface area contributed by atoms with Gasteiger partial charge in [0, 0.05) is 18.4 Å². The zero-order valence-electron chi connectivity index (χ0n) is 11.7. The Morgan fingerprint density at radius 1 is 1.16 bits per heavy atom. The third-order valence-corrected chi connectivity index (χ3v) is 5.78. The number of carbonyl (C=O) groups is 2. The summed E-state index contributed by atoms with van der Waals surface area (Å²) in [4.78, 5) is 26.9. The third kappa shape index (κ3) is 1.76. The summed E-state index contributed by atoms with van der Waals surface area (Å²) >= 11 is 0. The minimum Gasteiger partial charge on any atom is -0.328 e. The molecule has 4 atom stereocenters. The molecule has 4 unspecified atom stereocenters. The molecule has 106 valence electrons. The van der Waals surface area contributed by atoms with E-state index in [0.717, 1.165) is 38.5 Å². The highest BCUT2D eigenvalue weighted by atomic mass is 16.2. The molecule has 4 nitrogen and oxygen atoms in total. The Bertz CT molecular complexity index is 387. The largest absolute Gasteiger partial charge is 0.328 e. The number of hydrogen-bond acceptors (Lipinski definition) is 3. The van der Waals surface area contributed by atoms with Crippen molar-refractivity contribution in [3.8, 4) is 0 Å². The molecular formula is C15H24N2O2. The number of carbonyl (C=O) groups excluding carboxylic acids is 2. The van der Waals surface area contributed by atoms with E-state index in [1.807, 2.05) is 0 Å². The minimum absolute atomic E-state index is 0.0675. The molecule has 2 aliphatic carbocycles. The van der Waals surface area contributed by atoms with E-state index in [9.17, 15) is 9.59 Å². The van der Waals surface area contributed by atoms with Crippen molar-refractivity contribution in [3.05, 3.63) is 0 Å². The summed E-state index contributed by atoms with van der Waals surface area (Å²) in [6.07, 6.45) is 6.79. The van der Waals surface area contributed by atoms with Gasteiger partial charge in [-0.3, -0.25) is 14.5 Å². The van der Waals surface area contributed by atoms with Gasteiger partial charge in [-0.15, -0.1) is 0 Å². The molecule has 0 spiro atoms. The number of likely N-dealkylation sites (tertiary alicyclic amines) is 1. The summed E-state index contributed by atoms with van der Waals surface area (Å²) in [5, 5.41) is 0. The lowest BCUT2D eigenvalue weighted by atomic mass is 9.71. The highest BCUT2D eigenvalue weighted by molar-refractivity contribution is 6.01. The van der Waals surface area contributed by atoms with Crippen LogP contribution in [0.5, 0.6) is 0 Å². The molecule has 4 heteroatoms. The highest BCUT2D eigenvalue weighted by Crippen LogP contribution is 2.45. The van der Waals surface area contributed by atoms with Crippen LogP contribution in [-0.4, -0.2) is 28.8 Å². The second kappa shape index (κ2) is 4.58. The minimum atomic E-state index is -0.395. The molecule has 0 aromatic rings. The maximum atomic E-state index is 12.7. The van der Waals surface area contributed by atoms with Crippen molar-refractivity contribution < 1.29 is 9.59 Å². The molecule has 3 aliphatic rings. The van der Waals surface area contributed by atoms with Crippen LogP contribution in [-0.2, 0) is 9.59 Å². The van der Waals surface area contributed by atoms with E-state index in [0.29, 0.717) is 12.5 Å². The molecule has 0 aromatic carbocycles. The molecule has 2 amide bonds. The van der Waals surface area contributed by atoms with Crippen LogP contribution in [0.25, 0.3) is 0 Å². The predicted molar refractivity (Wildman–Crippen MR) is 72.1 cm³/mol. The SMILES string of the molecule is CC1CCCCC1(CN)N1C(=O)C2CCC(C2)C1=O. The lowest BCUT2D eigenvalue weighted by Gasteiger charge is -2.51. The van der Waals surface area contributed by atoms with Crippen LogP contribution in [0, 0.1) is 17.8 Å². The van der Waals surface area contributed by atoms with Crippen LogP contribution in [0.2, 0.25) is 0 Å². The van der Waals surface area contributed by atoms with Gasteiger partial charge >= 0.3 is 0 Å². The van der Waals surface area contributed by atoms with Gasteiger partial charge in [-0.2, -0.15) is 0 Å². The molecule has 3 rings (SSSR count). The first-order valence-electron chi connectivity index (χ1n) is 7.68.